The van der Waals surface area contributed by atoms with Crippen LogP contribution < -0.4 is 11.1 Å². The smallest absolute Gasteiger partial charge is 0.224 e. The number of nitrogens with zero attached hydrogens (tertiary/aromatic N) is 1. The van der Waals surface area contributed by atoms with Crippen LogP contribution in [0.1, 0.15) is 24.4 Å². The number of hydrogen-bond donors (Lipinski definition) is 2. The van der Waals surface area contributed by atoms with Crippen LogP contribution in [0.3, 0.4) is 0 Å². The van der Waals surface area contributed by atoms with Gasteiger partial charge in [0.1, 0.15) is 0 Å². The molecule has 5 heteroatoms. The highest BCUT2D eigenvalue weighted by Crippen LogP contribution is 2.14. The van der Waals surface area contributed by atoms with Crippen molar-refractivity contribution in [1.82, 2.24) is 10.2 Å². The van der Waals surface area contributed by atoms with E-state index in [4.69, 9.17) is 5.73 Å². The fraction of sp³-hybridized carbons (Fsp3) is 0.429. The Morgan fingerprint density at radius 2 is 2.16 bits per heavy atom. The Kier molecular flexibility index (Phi) is 4.16. The molecule has 1 fully saturated rings. The van der Waals surface area contributed by atoms with Crippen molar-refractivity contribution in [2.45, 2.75) is 24.9 Å². The summed E-state index contributed by atoms with van der Waals surface area (Å²) in [5.41, 5.74) is 6.93. The van der Waals surface area contributed by atoms with Gasteiger partial charge in [-0.15, -0.1) is 0 Å². The van der Waals surface area contributed by atoms with Crippen LogP contribution in [0.2, 0.25) is 0 Å². The summed E-state index contributed by atoms with van der Waals surface area (Å²) >= 11 is 0. The number of hydrogen-bond acceptors (Lipinski definition) is 3. The van der Waals surface area contributed by atoms with Crippen LogP contribution in [0.4, 0.5) is 0 Å². The summed E-state index contributed by atoms with van der Waals surface area (Å²) in [4.78, 5) is 24.9. The molecule has 0 spiro atoms. The van der Waals surface area contributed by atoms with E-state index in [-0.39, 0.29) is 30.3 Å². The fourth-order valence-corrected chi connectivity index (χ4v) is 2.26. The Bertz CT molecular complexity index is 461. The van der Waals surface area contributed by atoms with Gasteiger partial charge in [0, 0.05) is 32.5 Å². The minimum atomic E-state index is -0.309. The Hall–Kier alpha value is -1.88. The molecule has 2 atom stereocenters. The van der Waals surface area contributed by atoms with Gasteiger partial charge in [-0.25, -0.2) is 0 Å². The molecule has 19 heavy (non-hydrogen) atoms. The number of nitrogens with two attached hydrogens (primary N) is 1. The van der Waals surface area contributed by atoms with Gasteiger partial charge in [-0.1, -0.05) is 30.3 Å². The Balaban J connectivity index is 1.83. The van der Waals surface area contributed by atoms with E-state index in [1.54, 1.807) is 11.9 Å². The zero-order valence-corrected chi connectivity index (χ0v) is 11.0. The van der Waals surface area contributed by atoms with Crippen molar-refractivity contribution in [3.63, 3.8) is 0 Å². The van der Waals surface area contributed by atoms with Crippen molar-refractivity contribution in [2.75, 3.05) is 13.6 Å². The number of likely N-dealkylation sites (tertiary alicyclic amines) is 1. The Labute approximate surface area is 112 Å². The summed E-state index contributed by atoms with van der Waals surface area (Å²) in [5, 5.41) is 2.86. The lowest BCUT2D eigenvalue weighted by Crippen LogP contribution is -2.37. The number of likely N-dealkylation sites (N-methyl/N-ethyl adjacent to an activating group) is 1. The third-order valence-electron chi connectivity index (χ3n) is 3.34. The lowest BCUT2D eigenvalue weighted by molar-refractivity contribution is -0.126. The van der Waals surface area contributed by atoms with Crippen molar-refractivity contribution in [1.29, 1.82) is 0 Å². The molecular weight excluding hydrogens is 242 g/mol. The molecule has 3 N–H and O–H groups in total. The Morgan fingerprint density at radius 1 is 1.47 bits per heavy atom. The second-order valence-corrected chi connectivity index (χ2v) is 4.96. The van der Waals surface area contributed by atoms with E-state index in [0.717, 1.165) is 5.56 Å². The number of carbonyl (C=O) groups is 2. The van der Waals surface area contributed by atoms with Gasteiger partial charge in [-0.3, -0.25) is 9.59 Å². The number of amides is 2. The number of nitrogens with one attached hydrogen (secondary N) is 1. The molecule has 1 saturated heterocycles. The van der Waals surface area contributed by atoms with Gasteiger partial charge in [0.25, 0.3) is 0 Å². The van der Waals surface area contributed by atoms with Crippen molar-refractivity contribution < 1.29 is 9.59 Å². The molecule has 1 aromatic carbocycles. The normalized spacial score (nSPS) is 20.4. The van der Waals surface area contributed by atoms with Crippen LogP contribution in [-0.2, 0) is 9.59 Å². The van der Waals surface area contributed by atoms with E-state index in [9.17, 15) is 9.59 Å². The minimum absolute atomic E-state index is 0.0673. The monoisotopic (exact) mass is 261 g/mol. The molecule has 1 aliphatic heterocycles. The fourth-order valence-electron chi connectivity index (χ4n) is 2.26. The van der Waals surface area contributed by atoms with Gasteiger partial charge in [0.05, 0.1) is 6.04 Å². The zero-order chi connectivity index (χ0) is 13.8. The third-order valence-corrected chi connectivity index (χ3v) is 3.34. The highest BCUT2D eigenvalue weighted by atomic mass is 16.2. The molecule has 5 nitrogen and oxygen atoms in total. The van der Waals surface area contributed by atoms with E-state index in [1.165, 1.54) is 0 Å². The average molecular weight is 261 g/mol. The van der Waals surface area contributed by atoms with Gasteiger partial charge in [-0.05, 0) is 5.56 Å². The van der Waals surface area contributed by atoms with Crippen LogP contribution in [0, 0.1) is 0 Å². The van der Waals surface area contributed by atoms with Gasteiger partial charge >= 0.3 is 0 Å². The maximum absolute atomic E-state index is 11.9. The first-order valence-corrected chi connectivity index (χ1v) is 6.40. The molecule has 0 bridgehead atoms. The summed E-state index contributed by atoms with van der Waals surface area (Å²) in [6.07, 6.45) is 0.612. The van der Waals surface area contributed by atoms with Gasteiger partial charge in [0.2, 0.25) is 11.8 Å². The van der Waals surface area contributed by atoms with E-state index >= 15 is 0 Å². The van der Waals surface area contributed by atoms with Crippen LogP contribution in [0.5, 0.6) is 0 Å². The standard InChI is InChI=1S/C14H19N3O2/c1-17-9-11(7-14(17)19)16-13(18)8-12(15)10-5-3-2-4-6-10/h2-6,11-12H,7-9,15H2,1H3,(H,16,18). The third kappa shape index (κ3) is 3.54. The predicted octanol–water partition coefficient (Wildman–Crippen LogP) is 0.423. The summed E-state index contributed by atoms with van der Waals surface area (Å²) in [6, 6.07) is 9.13. The summed E-state index contributed by atoms with van der Waals surface area (Å²) in [7, 11) is 1.74. The van der Waals surface area contributed by atoms with E-state index in [2.05, 4.69) is 5.32 Å². The first-order valence-electron chi connectivity index (χ1n) is 6.40. The molecule has 2 amide bonds. The first-order chi connectivity index (χ1) is 9.06. The van der Waals surface area contributed by atoms with Crippen molar-refractivity contribution in [3.05, 3.63) is 35.9 Å². The van der Waals surface area contributed by atoms with Crippen LogP contribution in [0.25, 0.3) is 0 Å². The first kappa shape index (κ1) is 13.5. The van der Waals surface area contributed by atoms with E-state index in [1.807, 2.05) is 30.3 Å². The molecule has 0 aromatic heterocycles. The highest BCUT2D eigenvalue weighted by molar-refractivity contribution is 5.82. The van der Waals surface area contributed by atoms with Gasteiger partial charge < -0.3 is 16.0 Å². The summed E-state index contributed by atoms with van der Waals surface area (Å²) < 4.78 is 0. The van der Waals surface area contributed by atoms with Crippen molar-refractivity contribution in [3.8, 4) is 0 Å². The molecule has 1 aromatic rings. The zero-order valence-electron chi connectivity index (χ0n) is 11.0. The van der Waals surface area contributed by atoms with Crippen molar-refractivity contribution in [2.24, 2.45) is 5.73 Å². The average Bonchev–Trinajstić information content (AvgIpc) is 2.69. The summed E-state index contributed by atoms with van der Waals surface area (Å²) in [5.74, 6) is -0.0397. The van der Waals surface area contributed by atoms with Crippen molar-refractivity contribution >= 4 is 11.8 Å². The largest absolute Gasteiger partial charge is 0.351 e. The van der Waals surface area contributed by atoms with E-state index < -0.39 is 0 Å². The molecule has 0 aliphatic carbocycles. The lowest BCUT2D eigenvalue weighted by Gasteiger charge is -2.15. The predicted molar refractivity (Wildman–Crippen MR) is 72.2 cm³/mol. The maximum atomic E-state index is 11.9. The second kappa shape index (κ2) is 5.84. The van der Waals surface area contributed by atoms with Gasteiger partial charge in [0.15, 0.2) is 0 Å². The van der Waals surface area contributed by atoms with Crippen LogP contribution in [-0.4, -0.2) is 36.3 Å². The maximum Gasteiger partial charge on any atom is 0.224 e. The molecule has 1 aliphatic rings. The SMILES string of the molecule is CN1CC(NC(=O)CC(N)c2ccccc2)CC1=O. The van der Waals surface area contributed by atoms with Gasteiger partial charge in [-0.2, -0.15) is 0 Å². The van der Waals surface area contributed by atoms with Crippen LogP contribution in [0.15, 0.2) is 30.3 Å². The number of rotatable bonds is 4. The molecule has 102 valence electrons. The highest BCUT2D eigenvalue weighted by Gasteiger charge is 2.28. The van der Waals surface area contributed by atoms with Crippen LogP contribution >= 0.6 is 0 Å². The quantitative estimate of drug-likeness (QED) is 0.825. The molecule has 0 radical (unpaired) electrons. The summed E-state index contributed by atoms with van der Waals surface area (Å²) in [6.45, 7) is 0.575. The second-order valence-electron chi connectivity index (χ2n) is 4.96. The molecule has 0 saturated carbocycles. The molecular formula is C14H19N3O2. The number of benzene rings is 1. The minimum Gasteiger partial charge on any atom is -0.351 e. The number of carbonyl (C=O) groups excluding carboxylic acids is 2. The Morgan fingerprint density at radius 3 is 2.74 bits per heavy atom. The molecule has 1 heterocycles. The molecule has 2 rings (SSSR count). The topological polar surface area (TPSA) is 75.4 Å². The van der Waals surface area contributed by atoms with E-state index in [0.29, 0.717) is 13.0 Å². The lowest BCUT2D eigenvalue weighted by atomic mass is 10.0. The molecule has 2 unspecified atom stereocenters.